The summed E-state index contributed by atoms with van der Waals surface area (Å²) < 4.78 is 17.0. The van der Waals surface area contributed by atoms with Gasteiger partial charge in [-0.05, 0) is 31.6 Å². The normalized spacial score (nSPS) is 40.1. The van der Waals surface area contributed by atoms with Crippen molar-refractivity contribution >= 4 is 11.9 Å². The van der Waals surface area contributed by atoms with Crippen molar-refractivity contribution in [2.75, 3.05) is 0 Å². The highest BCUT2D eigenvalue weighted by molar-refractivity contribution is 5.91. The molecule has 6 heteroatoms. The molecule has 3 aliphatic heterocycles. The molecule has 136 valence electrons. The highest BCUT2D eigenvalue weighted by atomic mass is 16.6. The van der Waals surface area contributed by atoms with Gasteiger partial charge in [-0.2, -0.15) is 0 Å². The zero-order valence-corrected chi connectivity index (χ0v) is 14.9. The zero-order chi connectivity index (χ0) is 18.6. The van der Waals surface area contributed by atoms with Crippen LogP contribution in [0, 0.1) is 11.8 Å². The second-order valence-corrected chi connectivity index (χ2v) is 7.55. The number of fused-ring (bicyclic) bond motifs is 3. The van der Waals surface area contributed by atoms with Crippen molar-refractivity contribution in [3.05, 3.63) is 36.0 Å². The van der Waals surface area contributed by atoms with Crippen LogP contribution in [0.1, 0.15) is 34.1 Å². The molecule has 6 nitrogen and oxygen atoms in total. The molecule has 3 aliphatic rings. The predicted octanol–water partition coefficient (Wildman–Crippen LogP) is 2.04. The molecule has 2 unspecified atom stereocenters. The molecule has 1 saturated heterocycles. The van der Waals surface area contributed by atoms with E-state index in [-0.39, 0.29) is 23.9 Å². The maximum absolute atomic E-state index is 12.2. The maximum Gasteiger partial charge on any atom is 0.334 e. The third-order valence-corrected chi connectivity index (χ3v) is 5.04. The molecule has 0 aromatic heterocycles. The molecule has 25 heavy (non-hydrogen) atoms. The third kappa shape index (κ3) is 3.04. The van der Waals surface area contributed by atoms with E-state index in [0.29, 0.717) is 5.57 Å². The maximum atomic E-state index is 12.2. The van der Waals surface area contributed by atoms with Crippen LogP contribution in [-0.4, -0.2) is 40.6 Å². The number of aliphatic hydroxyl groups is 1. The molecule has 0 aliphatic carbocycles. The quantitative estimate of drug-likeness (QED) is 0.467. The van der Waals surface area contributed by atoms with E-state index in [1.54, 1.807) is 39.0 Å². The minimum Gasteiger partial charge on any atom is -0.461 e. The lowest BCUT2D eigenvalue weighted by atomic mass is 9.83. The van der Waals surface area contributed by atoms with E-state index >= 15 is 0 Å². The van der Waals surface area contributed by atoms with E-state index in [1.807, 2.05) is 6.92 Å². The van der Waals surface area contributed by atoms with Crippen molar-refractivity contribution in [3.8, 4) is 0 Å². The smallest absolute Gasteiger partial charge is 0.334 e. The summed E-state index contributed by atoms with van der Waals surface area (Å²) in [6, 6.07) is 0. The molecule has 1 N–H and O–H groups in total. The minimum absolute atomic E-state index is 0.271. The fourth-order valence-corrected chi connectivity index (χ4v) is 3.51. The Kier molecular flexibility index (Phi) is 4.16. The number of hydrogen-bond donors (Lipinski definition) is 1. The van der Waals surface area contributed by atoms with Gasteiger partial charge in [0.25, 0.3) is 0 Å². The summed E-state index contributed by atoms with van der Waals surface area (Å²) in [5.74, 6) is -3.26. The molecule has 1 fully saturated rings. The third-order valence-electron chi connectivity index (χ3n) is 5.04. The minimum atomic E-state index is -1.56. The summed E-state index contributed by atoms with van der Waals surface area (Å²) in [5, 5.41) is 10.7. The summed E-state index contributed by atoms with van der Waals surface area (Å²) in [6.45, 7) is 10.9. The van der Waals surface area contributed by atoms with Crippen LogP contribution in [0.3, 0.4) is 0 Å². The van der Waals surface area contributed by atoms with E-state index in [9.17, 15) is 14.7 Å². The van der Waals surface area contributed by atoms with Gasteiger partial charge >= 0.3 is 11.9 Å². The molecule has 0 aromatic carbocycles. The average molecular weight is 348 g/mol. The Balaban J connectivity index is 2.04. The molecular formula is C19H24O6. The lowest BCUT2D eigenvalue weighted by Crippen LogP contribution is -2.41. The Labute approximate surface area is 147 Å². The summed E-state index contributed by atoms with van der Waals surface area (Å²) in [4.78, 5) is 24.3. The van der Waals surface area contributed by atoms with E-state index < -0.39 is 35.5 Å². The standard InChI is InChI=1S/C19H24O6/c1-10(2)16(20)24-14-9-18(5)6-7-19(22,25-18)11(3)8-13-15(14)12(4)17(21)23-13/h6-8,10,13-15,22H,4,9H2,1-3,5H3/t13-,14-,15+,18?,19?/m1/s1. The molecule has 3 heterocycles. The molecule has 0 saturated carbocycles. The molecular weight excluding hydrogens is 324 g/mol. The van der Waals surface area contributed by atoms with Crippen molar-refractivity contribution in [2.24, 2.45) is 11.8 Å². The molecule has 3 rings (SSSR count). The number of rotatable bonds is 2. The first-order chi connectivity index (χ1) is 11.5. The molecule has 5 atom stereocenters. The van der Waals surface area contributed by atoms with Crippen LogP contribution in [0.4, 0.5) is 0 Å². The average Bonchev–Trinajstić information content (AvgIpc) is 2.97. The number of esters is 2. The second-order valence-electron chi connectivity index (χ2n) is 7.55. The number of carbonyl (C=O) groups excluding carboxylic acids is 2. The van der Waals surface area contributed by atoms with Gasteiger partial charge in [0, 0.05) is 12.0 Å². The van der Waals surface area contributed by atoms with E-state index in [0.717, 1.165) is 0 Å². The van der Waals surface area contributed by atoms with Gasteiger partial charge in [0.1, 0.15) is 12.2 Å². The van der Waals surface area contributed by atoms with E-state index in [2.05, 4.69) is 6.58 Å². The topological polar surface area (TPSA) is 82.1 Å². The van der Waals surface area contributed by atoms with Crippen LogP contribution in [0.5, 0.6) is 0 Å². The van der Waals surface area contributed by atoms with Crippen molar-refractivity contribution < 1.29 is 28.9 Å². The van der Waals surface area contributed by atoms with Crippen LogP contribution in [-0.2, 0) is 23.8 Å². The highest BCUT2D eigenvalue weighted by Crippen LogP contribution is 2.44. The summed E-state index contributed by atoms with van der Waals surface area (Å²) in [7, 11) is 0. The van der Waals surface area contributed by atoms with Gasteiger partial charge in [-0.25, -0.2) is 4.79 Å². The van der Waals surface area contributed by atoms with Crippen LogP contribution in [0.2, 0.25) is 0 Å². The van der Waals surface area contributed by atoms with Gasteiger partial charge in [0.05, 0.1) is 17.4 Å². The van der Waals surface area contributed by atoms with Gasteiger partial charge in [-0.1, -0.05) is 26.5 Å². The van der Waals surface area contributed by atoms with Gasteiger partial charge < -0.3 is 19.3 Å². The van der Waals surface area contributed by atoms with Gasteiger partial charge in [0.15, 0.2) is 0 Å². The van der Waals surface area contributed by atoms with Gasteiger partial charge in [0.2, 0.25) is 5.79 Å². The fraction of sp³-hybridized carbons (Fsp3) is 0.579. The van der Waals surface area contributed by atoms with Crippen LogP contribution >= 0.6 is 0 Å². The monoisotopic (exact) mass is 348 g/mol. The van der Waals surface area contributed by atoms with Crippen LogP contribution in [0.15, 0.2) is 36.0 Å². The molecule has 0 amide bonds. The Morgan fingerprint density at radius 2 is 2.12 bits per heavy atom. The van der Waals surface area contributed by atoms with E-state index in [1.165, 1.54) is 0 Å². The number of carbonyl (C=O) groups is 2. The van der Waals surface area contributed by atoms with Crippen molar-refractivity contribution in [1.29, 1.82) is 0 Å². The summed E-state index contributed by atoms with van der Waals surface area (Å²) in [5.41, 5.74) is -0.0548. The molecule has 0 radical (unpaired) electrons. The Hall–Kier alpha value is -1.92. The SMILES string of the molecule is C=C1C(=O)O[C@@H]2C=C(C)C3(O)C=CC(C)(C[C@@H](OC(=O)C(C)C)[C@@H]12)O3. The Bertz CT molecular complexity index is 690. The predicted molar refractivity (Wildman–Crippen MR) is 89.2 cm³/mol. The first-order valence-corrected chi connectivity index (χ1v) is 8.47. The Morgan fingerprint density at radius 3 is 2.76 bits per heavy atom. The Morgan fingerprint density at radius 1 is 1.44 bits per heavy atom. The summed E-state index contributed by atoms with van der Waals surface area (Å²) in [6.07, 6.45) is 3.96. The largest absolute Gasteiger partial charge is 0.461 e. The number of hydrogen-bond acceptors (Lipinski definition) is 6. The lowest BCUT2D eigenvalue weighted by molar-refractivity contribution is -0.190. The van der Waals surface area contributed by atoms with Crippen molar-refractivity contribution in [3.63, 3.8) is 0 Å². The van der Waals surface area contributed by atoms with Crippen LogP contribution < -0.4 is 0 Å². The molecule has 2 bridgehead atoms. The van der Waals surface area contributed by atoms with E-state index in [4.69, 9.17) is 14.2 Å². The molecule has 0 spiro atoms. The second kappa shape index (κ2) is 5.81. The van der Waals surface area contributed by atoms with Gasteiger partial charge in [-0.15, -0.1) is 0 Å². The lowest BCUT2D eigenvalue weighted by Gasteiger charge is -2.33. The van der Waals surface area contributed by atoms with Crippen LogP contribution in [0.25, 0.3) is 0 Å². The first kappa shape index (κ1) is 17.9. The zero-order valence-electron chi connectivity index (χ0n) is 14.9. The van der Waals surface area contributed by atoms with Crippen molar-refractivity contribution in [1.82, 2.24) is 0 Å². The van der Waals surface area contributed by atoms with Gasteiger partial charge in [-0.3, -0.25) is 4.79 Å². The first-order valence-electron chi connectivity index (χ1n) is 8.47. The summed E-state index contributed by atoms with van der Waals surface area (Å²) >= 11 is 0. The molecule has 0 aromatic rings. The fourth-order valence-electron chi connectivity index (χ4n) is 3.51. The highest BCUT2D eigenvalue weighted by Gasteiger charge is 2.52. The van der Waals surface area contributed by atoms with Crippen molar-refractivity contribution in [2.45, 2.75) is 57.7 Å². The number of ether oxygens (including phenoxy) is 3.